The number of benzene rings is 1. The van der Waals surface area contributed by atoms with Gasteiger partial charge >= 0.3 is 0 Å². The van der Waals surface area contributed by atoms with Crippen LogP contribution in [0.1, 0.15) is 84.1 Å². The molecule has 2 aliphatic heterocycles. The molecule has 1 aromatic carbocycles. The van der Waals surface area contributed by atoms with Gasteiger partial charge in [-0.3, -0.25) is 14.5 Å². The Balaban J connectivity index is 0.00000380. The minimum Gasteiger partial charge on any atom is -0.490 e. The summed E-state index contributed by atoms with van der Waals surface area (Å²) < 4.78 is 6.17. The highest BCUT2D eigenvalue weighted by atomic mass is 35.5. The predicted octanol–water partition coefficient (Wildman–Crippen LogP) is 4.30. The van der Waals surface area contributed by atoms with Crippen molar-refractivity contribution in [3.63, 3.8) is 0 Å². The Morgan fingerprint density at radius 2 is 1.73 bits per heavy atom. The van der Waals surface area contributed by atoms with Crippen LogP contribution in [-0.2, 0) is 16.1 Å². The maximum atomic E-state index is 13.5. The van der Waals surface area contributed by atoms with Gasteiger partial charge in [-0.2, -0.15) is 0 Å². The number of piperidine rings is 1. The number of amides is 2. The molecule has 2 unspecified atom stereocenters. The molecule has 2 heterocycles. The summed E-state index contributed by atoms with van der Waals surface area (Å²) >= 11 is 0. The number of piperazine rings is 1. The summed E-state index contributed by atoms with van der Waals surface area (Å²) in [6.45, 7) is 8.72. The van der Waals surface area contributed by atoms with Gasteiger partial charge in [0, 0.05) is 26.2 Å². The molecule has 7 nitrogen and oxygen atoms in total. The van der Waals surface area contributed by atoms with E-state index in [-0.39, 0.29) is 30.1 Å². The van der Waals surface area contributed by atoms with E-state index in [4.69, 9.17) is 4.74 Å². The molecule has 3 aliphatic rings. The third-order valence-corrected chi connectivity index (χ3v) is 8.39. The first-order valence-electron chi connectivity index (χ1n) is 14.1. The molecule has 1 spiro atoms. The number of carbonyl (C=O) groups excluding carboxylic acids is 2. The molecule has 2 amide bonds. The third-order valence-electron chi connectivity index (χ3n) is 8.39. The Morgan fingerprint density at radius 1 is 1.08 bits per heavy atom. The number of ether oxygens (including phenoxy) is 1. The number of hydrogen-bond donors (Lipinski definition) is 2. The summed E-state index contributed by atoms with van der Waals surface area (Å²) in [6.07, 6.45) is 8.65. The van der Waals surface area contributed by atoms with Crippen molar-refractivity contribution in [2.45, 2.75) is 109 Å². The summed E-state index contributed by atoms with van der Waals surface area (Å²) in [4.78, 5) is 31.1. The van der Waals surface area contributed by atoms with Gasteiger partial charge in [0.15, 0.2) is 0 Å². The highest BCUT2D eigenvalue weighted by Crippen LogP contribution is 2.35. The lowest BCUT2D eigenvalue weighted by Crippen LogP contribution is -2.74. The number of likely N-dealkylation sites (tertiary alicyclic amines) is 1. The van der Waals surface area contributed by atoms with Gasteiger partial charge in [-0.05, 0) is 68.6 Å². The maximum Gasteiger partial charge on any atom is 0.248 e. The molecule has 8 heteroatoms. The van der Waals surface area contributed by atoms with Crippen LogP contribution in [0.5, 0.6) is 5.75 Å². The molecule has 1 saturated carbocycles. The first-order chi connectivity index (χ1) is 17.3. The smallest absolute Gasteiger partial charge is 0.248 e. The number of nitrogens with one attached hydrogen (secondary N) is 1. The fourth-order valence-electron chi connectivity index (χ4n) is 5.98. The first-order valence-corrected chi connectivity index (χ1v) is 14.1. The van der Waals surface area contributed by atoms with E-state index in [1.807, 2.05) is 13.8 Å². The van der Waals surface area contributed by atoms with Crippen LogP contribution in [0.3, 0.4) is 0 Å². The Kier molecular flexibility index (Phi) is 10.7. The molecule has 0 bridgehead atoms. The van der Waals surface area contributed by atoms with Gasteiger partial charge in [0.1, 0.15) is 17.3 Å². The predicted molar refractivity (Wildman–Crippen MR) is 148 cm³/mol. The van der Waals surface area contributed by atoms with E-state index >= 15 is 0 Å². The minimum atomic E-state index is -0.881. The summed E-state index contributed by atoms with van der Waals surface area (Å²) in [5.41, 5.74) is 0.419. The van der Waals surface area contributed by atoms with E-state index in [2.05, 4.69) is 41.4 Å². The van der Waals surface area contributed by atoms with Crippen LogP contribution in [0.25, 0.3) is 0 Å². The van der Waals surface area contributed by atoms with E-state index in [0.717, 1.165) is 51.1 Å². The number of aliphatic hydroxyl groups is 1. The second-order valence-corrected chi connectivity index (χ2v) is 11.4. The molecule has 0 aromatic heterocycles. The molecule has 2 N–H and O–H groups in total. The van der Waals surface area contributed by atoms with Crippen LogP contribution >= 0.6 is 12.4 Å². The van der Waals surface area contributed by atoms with Crippen molar-refractivity contribution in [3.8, 4) is 5.75 Å². The number of rotatable bonds is 9. The van der Waals surface area contributed by atoms with Crippen molar-refractivity contribution in [1.29, 1.82) is 0 Å². The molecule has 37 heavy (non-hydrogen) atoms. The summed E-state index contributed by atoms with van der Waals surface area (Å²) in [7, 11) is 0. The molecule has 4 rings (SSSR count). The van der Waals surface area contributed by atoms with Gasteiger partial charge in [0.2, 0.25) is 11.8 Å². The number of aliphatic hydroxyl groups excluding tert-OH is 1. The second kappa shape index (κ2) is 13.3. The average molecular weight is 536 g/mol. The molecular weight excluding hydrogens is 490 g/mol. The minimum absolute atomic E-state index is 0. The third kappa shape index (κ3) is 6.79. The topological polar surface area (TPSA) is 82.1 Å². The van der Waals surface area contributed by atoms with E-state index in [1.165, 1.54) is 24.8 Å². The molecule has 0 radical (unpaired) electrons. The van der Waals surface area contributed by atoms with Crippen molar-refractivity contribution in [1.82, 2.24) is 15.1 Å². The molecule has 1 aromatic rings. The zero-order chi connectivity index (χ0) is 25.7. The summed E-state index contributed by atoms with van der Waals surface area (Å²) in [6, 6.07) is 7.59. The monoisotopic (exact) mass is 535 g/mol. The van der Waals surface area contributed by atoms with Crippen molar-refractivity contribution < 1.29 is 19.4 Å². The first kappa shape index (κ1) is 29.7. The van der Waals surface area contributed by atoms with Gasteiger partial charge in [-0.1, -0.05) is 45.7 Å². The average Bonchev–Trinajstić information content (AvgIpc) is 2.89. The Morgan fingerprint density at radius 3 is 2.32 bits per heavy atom. The van der Waals surface area contributed by atoms with Crippen LogP contribution < -0.4 is 10.1 Å². The van der Waals surface area contributed by atoms with Crippen LogP contribution in [0, 0.1) is 5.92 Å². The van der Waals surface area contributed by atoms with Gasteiger partial charge in [0.25, 0.3) is 0 Å². The lowest BCUT2D eigenvalue weighted by molar-refractivity contribution is -0.165. The molecule has 2 saturated heterocycles. The standard InChI is InChI=1S/C29H45N3O4.ClH/c1-4-5-17-32-27(34)25(26(33)21(2)3)30-28(35)29(32)15-18-31(19-16-29)20-22-11-13-24(14-12-22)36-23-9-7-6-8-10-23;/h11-14,21,23,25-26,33H,4-10,15-20H2,1-3H3,(H,30,35);1H. The van der Waals surface area contributed by atoms with Crippen molar-refractivity contribution in [3.05, 3.63) is 29.8 Å². The molecule has 3 fully saturated rings. The highest BCUT2D eigenvalue weighted by molar-refractivity contribution is 6.00. The van der Waals surface area contributed by atoms with Crippen molar-refractivity contribution in [2.75, 3.05) is 19.6 Å². The van der Waals surface area contributed by atoms with Crippen LogP contribution in [-0.4, -0.2) is 70.1 Å². The van der Waals surface area contributed by atoms with E-state index in [9.17, 15) is 14.7 Å². The normalized spacial score (nSPS) is 23.6. The Hall–Kier alpha value is -1.83. The fourth-order valence-corrected chi connectivity index (χ4v) is 5.98. The van der Waals surface area contributed by atoms with E-state index in [0.29, 0.717) is 25.5 Å². The molecule has 2 atom stereocenters. The molecule has 208 valence electrons. The molecule has 1 aliphatic carbocycles. The maximum absolute atomic E-state index is 13.5. The lowest BCUT2D eigenvalue weighted by Gasteiger charge is -2.52. The Labute approximate surface area is 228 Å². The van der Waals surface area contributed by atoms with Gasteiger partial charge in [0.05, 0.1) is 12.2 Å². The van der Waals surface area contributed by atoms with E-state index in [1.54, 1.807) is 4.90 Å². The second-order valence-electron chi connectivity index (χ2n) is 11.4. The molecular formula is C29H46ClN3O4. The zero-order valence-electron chi connectivity index (χ0n) is 22.8. The highest BCUT2D eigenvalue weighted by Gasteiger charge is 2.54. The van der Waals surface area contributed by atoms with E-state index < -0.39 is 17.7 Å². The SMILES string of the molecule is CCCCN1C(=O)C(C(O)C(C)C)NC(=O)C12CCN(Cc1ccc(OC3CCCCC3)cc1)CC2.Cl. The lowest BCUT2D eigenvalue weighted by atomic mass is 9.80. The van der Waals surface area contributed by atoms with Crippen LogP contribution in [0.15, 0.2) is 24.3 Å². The quantitative estimate of drug-likeness (QED) is 0.492. The van der Waals surface area contributed by atoms with Crippen molar-refractivity contribution >= 4 is 24.2 Å². The Bertz CT molecular complexity index is 880. The van der Waals surface area contributed by atoms with Crippen LogP contribution in [0.4, 0.5) is 0 Å². The number of carbonyl (C=O) groups is 2. The largest absolute Gasteiger partial charge is 0.490 e. The van der Waals surface area contributed by atoms with Gasteiger partial charge in [-0.15, -0.1) is 12.4 Å². The van der Waals surface area contributed by atoms with Crippen LogP contribution in [0.2, 0.25) is 0 Å². The number of unbranched alkanes of at least 4 members (excludes halogenated alkanes) is 1. The number of hydrogen-bond acceptors (Lipinski definition) is 5. The number of nitrogens with zero attached hydrogens (tertiary/aromatic N) is 2. The summed E-state index contributed by atoms with van der Waals surface area (Å²) in [5.74, 6) is 0.603. The van der Waals surface area contributed by atoms with Gasteiger partial charge in [-0.25, -0.2) is 0 Å². The van der Waals surface area contributed by atoms with Crippen molar-refractivity contribution in [2.24, 2.45) is 5.92 Å². The summed E-state index contributed by atoms with van der Waals surface area (Å²) in [5, 5.41) is 13.5. The van der Waals surface area contributed by atoms with Gasteiger partial charge < -0.3 is 20.1 Å². The fraction of sp³-hybridized carbons (Fsp3) is 0.724. The zero-order valence-corrected chi connectivity index (χ0v) is 23.6. The number of halogens is 1.